The number of aliphatic hydroxyl groups is 1. The van der Waals surface area contributed by atoms with Crippen LogP contribution in [0.5, 0.6) is 0 Å². The molecule has 2 rings (SSSR count). The van der Waals surface area contributed by atoms with Crippen molar-refractivity contribution in [1.29, 1.82) is 0 Å². The molecule has 1 aromatic rings. The lowest BCUT2D eigenvalue weighted by atomic mass is 9.74. The maximum absolute atomic E-state index is 9.59. The van der Waals surface area contributed by atoms with E-state index in [1.807, 2.05) is 6.20 Å². The van der Waals surface area contributed by atoms with Crippen LogP contribution < -0.4 is 5.32 Å². The standard InChI is InChI=1S/C12H19IN2OS/c13-10-6-15-11(17-10)7-14-8-12(9-16)4-2-1-3-5-12/h6,14,16H,1-5,7-9H2. The first-order valence-electron chi connectivity index (χ1n) is 6.16. The number of hydrogen-bond donors (Lipinski definition) is 2. The summed E-state index contributed by atoms with van der Waals surface area (Å²) in [6, 6.07) is 0. The van der Waals surface area contributed by atoms with Crippen LogP contribution in [0, 0.1) is 8.30 Å². The van der Waals surface area contributed by atoms with E-state index in [2.05, 4.69) is 32.9 Å². The molecule has 0 aliphatic heterocycles. The smallest absolute Gasteiger partial charge is 0.107 e. The number of nitrogens with one attached hydrogen (secondary N) is 1. The molecule has 1 aliphatic carbocycles. The highest BCUT2D eigenvalue weighted by Gasteiger charge is 2.30. The number of hydrogen-bond acceptors (Lipinski definition) is 4. The molecule has 96 valence electrons. The predicted octanol–water partition coefficient (Wildman–Crippen LogP) is 2.78. The molecule has 1 saturated carbocycles. The zero-order chi connectivity index (χ0) is 12.1. The zero-order valence-electron chi connectivity index (χ0n) is 9.91. The van der Waals surface area contributed by atoms with Gasteiger partial charge in [-0.1, -0.05) is 19.3 Å². The van der Waals surface area contributed by atoms with E-state index in [1.54, 1.807) is 11.3 Å². The van der Waals surface area contributed by atoms with E-state index in [9.17, 15) is 5.11 Å². The average Bonchev–Trinajstić information content (AvgIpc) is 2.76. The van der Waals surface area contributed by atoms with Gasteiger partial charge in [-0.2, -0.15) is 0 Å². The van der Waals surface area contributed by atoms with E-state index in [0.29, 0.717) is 6.61 Å². The monoisotopic (exact) mass is 366 g/mol. The van der Waals surface area contributed by atoms with Crippen molar-refractivity contribution in [2.45, 2.75) is 38.6 Å². The maximum Gasteiger partial charge on any atom is 0.107 e. The Bertz CT molecular complexity index is 350. The van der Waals surface area contributed by atoms with Crippen molar-refractivity contribution >= 4 is 33.9 Å². The summed E-state index contributed by atoms with van der Waals surface area (Å²) in [5, 5.41) is 14.2. The van der Waals surface area contributed by atoms with Crippen molar-refractivity contribution in [3.8, 4) is 0 Å². The summed E-state index contributed by atoms with van der Waals surface area (Å²) in [6.07, 6.45) is 8.07. The van der Waals surface area contributed by atoms with Crippen LogP contribution in [-0.2, 0) is 6.54 Å². The summed E-state index contributed by atoms with van der Waals surface area (Å²) in [7, 11) is 0. The first kappa shape index (κ1) is 13.7. The topological polar surface area (TPSA) is 45.1 Å². The number of nitrogens with zero attached hydrogens (tertiary/aromatic N) is 1. The third-order valence-electron chi connectivity index (χ3n) is 3.55. The van der Waals surface area contributed by atoms with E-state index >= 15 is 0 Å². The van der Waals surface area contributed by atoms with Crippen molar-refractivity contribution in [2.24, 2.45) is 5.41 Å². The quantitative estimate of drug-likeness (QED) is 0.788. The van der Waals surface area contributed by atoms with E-state index < -0.39 is 0 Å². The summed E-state index contributed by atoms with van der Waals surface area (Å²) in [5.41, 5.74) is 0.128. The molecule has 0 radical (unpaired) electrons. The van der Waals surface area contributed by atoms with Crippen molar-refractivity contribution < 1.29 is 5.11 Å². The Balaban J connectivity index is 1.79. The Morgan fingerprint density at radius 2 is 2.18 bits per heavy atom. The Morgan fingerprint density at radius 1 is 1.41 bits per heavy atom. The minimum atomic E-state index is 0.128. The largest absolute Gasteiger partial charge is 0.396 e. The average molecular weight is 366 g/mol. The lowest BCUT2D eigenvalue weighted by Crippen LogP contribution is -2.38. The van der Waals surface area contributed by atoms with Crippen LogP contribution in [-0.4, -0.2) is 23.2 Å². The first-order chi connectivity index (χ1) is 8.24. The van der Waals surface area contributed by atoms with E-state index in [4.69, 9.17) is 0 Å². The second-order valence-electron chi connectivity index (χ2n) is 4.88. The van der Waals surface area contributed by atoms with E-state index in [0.717, 1.165) is 30.9 Å². The van der Waals surface area contributed by atoms with Gasteiger partial charge in [0.15, 0.2) is 0 Å². The summed E-state index contributed by atoms with van der Waals surface area (Å²) < 4.78 is 1.23. The van der Waals surface area contributed by atoms with Crippen molar-refractivity contribution in [2.75, 3.05) is 13.2 Å². The molecule has 0 saturated heterocycles. The van der Waals surface area contributed by atoms with Gasteiger partial charge in [0.1, 0.15) is 5.01 Å². The molecular weight excluding hydrogens is 347 g/mol. The molecule has 1 aromatic heterocycles. The first-order valence-corrected chi connectivity index (χ1v) is 8.05. The molecule has 17 heavy (non-hydrogen) atoms. The van der Waals surface area contributed by atoms with Crippen LogP contribution >= 0.6 is 33.9 Å². The number of aromatic nitrogens is 1. The van der Waals surface area contributed by atoms with Crippen LogP contribution in [0.25, 0.3) is 0 Å². The Hall–Kier alpha value is 0.280. The van der Waals surface area contributed by atoms with Gasteiger partial charge in [-0.15, -0.1) is 11.3 Å². The van der Waals surface area contributed by atoms with Crippen LogP contribution in [0.1, 0.15) is 37.1 Å². The minimum absolute atomic E-state index is 0.128. The highest BCUT2D eigenvalue weighted by atomic mass is 127. The summed E-state index contributed by atoms with van der Waals surface area (Å²) in [6.45, 7) is 2.06. The molecule has 3 nitrogen and oxygen atoms in total. The summed E-state index contributed by atoms with van der Waals surface area (Å²) in [4.78, 5) is 4.33. The number of aliphatic hydroxyl groups excluding tert-OH is 1. The molecule has 1 aliphatic rings. The molecule has 1 heterocycles. The minimum Gasteiger partial charge on any atom is -0.396 e. The molecule has 1 fully saturated rings. The fourth-order valence-electron chi connectivity index (χ4n) is 2.50. The molecule has 0 unspecified atom stereocenters. The van der Waals surface area contributed by atoms with Gasteiger partial charge in [-0.05, 0) is 35.4 Å². The second kappa shape index (κ2) is 6.45. The van der Waals surface area contributed by atoms with Crippen molar-refractivity contribution in [3.63, 3.8) is 0 Å². The SMILES string of the molecule is OCC1(CNCc2ncc(I)s2)CCCCC1. The molecular formula is C12H19IN2OS. The van der Waals surface area contributed by atoms with E-state index in [-0.39, 0.29) is 5.41 Å². The van der Waals surface area contributed by atoms with Crippen LogP contribution in [0.2, 0.25) is 0 Å². The van der Waals surface area contributed by atoms with Crippen molar-refractivity contribution in [1.82, 2.24) is 10.3 Å². The molecule has 0 aromatic carbocycles. The number of thiazole rings is 1. The van der Waals surface area contributed by atoms with Gasteiger partial charge in [0.2, 0.25) is 0 Å². The van der Waals surface area contributed by atoms with Gasteiger partial charge in [0, 0.05) is 25.1 Å². The van der Waals surface area contributed by atoms with Gasteiger partial charge in [0.05, 0.1) is 9.08 Å². The van der Waals surface area contributed by atoms with Crippen LogP contribution in [0.15, 0.2) is 6.20 Å². The lowest BCUT2D eigenvalue weighted by molar-refractivity contribution is 0.0810. The van der Waals surface area contributed by atoms with Crippen LogP contribution in [0.4, 0.5) is 0 Å². The third-order valence-corrected chi connectivity index (χ3v) is 5.28. The van der Waals surface area contributed by atoms with Gasteiger partial charge in [0.25, 0.3) is 0 Å². The molecule has 2 N–H and O–H groups in total. The van der Waals surface area contributed by atoms with E-state index in [1.165, 1.54) is 22.1 Å². The fourth-order valence-corrected chi connectivity index (χ4v) is 4.01. The Kier molecular flexibility index (Phi) is 5.20. The molecule has 0 bridgehead atoms. The summed E-state index contributed by atoms with van der Waals surface area (Å²) in [5.74, 6) is 0. The normalized spacial score (nSPS) is 19.4. The molecule has 0 spiro atoms. The van der Waals surface area contributed by atoms with Gasteiger partial charge in [-0.25, -0.2) is 4.98 Å². The highest BCUT2D eigenvalue weighted by Crippen LogP contribution is 2.35. The molecule has 5 heteroatoms. The van der Waals surface area contributed by atoms with Gasteiger partial charge >= 0.3 is 0 Å². The van der Waals surface area contributed by atoms with Gasteiger partial charge < -0.3 is 10.4 Å². The number of halogens is 1. The third kappa shape index (κ3) is 3.87. The maximum atomic E-state index is 9.59. The number of rotatable bonds is 5. The zero-order valence-corrected chi connectivity index (χ0v) is 12.9. The van der Waals surface area contributed by atoms with Crippen LogP contribution in [0.3, 0.4) is 0 Å². The summed E-state index contributed by atoms with van der Waals surface area (Å²) >= 11 is 4.03. The highest BCUT2D eigenvalue weighted by molar-refractivity contribution is 14.1. The Morgan fingerprint density at radius 3 is 2.76 bits per heavy atom. The second-order valence-corrected chi connectivity index (χ2v) is 7.89. The predicted molar refractivity (Wildman–Crippen MR) is 79.1 cm³/mol. The fraction of sp³-hybridized carbons (Fsp3) is 0.750. The van der Waals surface area contributed by atoms with Crippen molar-refractivity contribution in [3.05, 3.63) is 14.1 Å². The lowest BCUT2D eigenvalue weighted by Gasteiger charge is -2.35. The van der Waals surface area contributed by atoms with Gasteiger partial charge in [-0.3, -0.25) is 0 Å². The molecule has 0 atom stereocenters. The molecule has 0 amide bonds. The Labute approximate surface area is 120 Å².